The normalized spacial score (nSPS) is 11.9. The van der Waals surface area contributed by atoms with Gasteiger partial charge in [0.25, 0.3) is 0 Å². The van der Waals surface area contributed by atoms with Gasteiger partial charge in [-0.2, -0.15) is 0 Å². The molecule has 0 aliphatic carbocycles. The van der Waals surface area contributed by atoms with Gasteiger partial charge in [0.1, 0.15) is 5.75 Å². The fourth-order valence-corrected chi connectivity index (χ4v) is 3.36. The summed E-state index contributed by atoms with van der Waals surface area (Å²) in [5.41, 5.74) is 4.06. The highest BCUT2D eigenvalue weighted by Gasteiger charge is 2.09. The van der Waals surface area contributed by atoms with E-state index in [0.717, 1.165) is 54.2 Å². The van der Waals surface area contributed by atoms with Crippen molar-refractivity contribution in [3.05, 3.63) is 59.2 Å². The molecule has 0 saturated carbocycles. The van der Waals surface area contributed by atoms with Crippen molar-refractivity contribution in [3.63, 3.8) is 0 Å². The summed E-state index contributed by atoms with van der Waals surface area (Å²) < 4.78 is 5.33. The molecule has 6 nitrogen and oxygen atoms in total. The highest BCUT2D eigenvalue weighted by molar-refractivity contribution is 5.93. The number of hydrogen-bond donors (Lipinski definition) is 4. The van der Waals surface area contributed by atoms with E-state index >= 15 is 0 Å². The summed E-state index contributed by atoms with van der Waals surface area (Å²) >= 11 is 0. The average Bonchev–Trinajstić information content (AvgIpc) is 2.73. The zero-order valence-electron chi connectivity index (χ0n) is 18.3. The molecule has 1 unspecified atom stereocenters. The van der Waals surface area contributed by atoms with Gasteiger partial charge in [0.15, 0.2) is 0 Å². The molecule has 0 aliphatic rings. The molecule has 2 aromatic carbocycles. The number of carbonyl (C=O) groups is 1. The summed E-state index contributed by atoms with van der Waals surface area (Å²) in [7, 11) is 1.65. The number of methoxy groups -OCH3 is 1. The summed E-state index contributed by atoms with van der Waals surface area (Å²) in [6, 6.07) is 13.8. The average molecular weight is 414 g/mol. The largest absolute Gasteiger partial charge is 0.496 e. The quantitative estimate of drug-likeness (QED) is 0.380. The van der Waals surface area contributed by atoms with Gasteiger partial charge in [-0.3, -0.25) is 4.79 Å². The van der Waals surface area contributed by atoms with Gasteiger partial charge in [0, 0.05) is 12.1 Å². The number of benzene rings is 2. The lowest BCUT2D eigenvalue weighted by molar-refractivity contribution is -0.115. The van der Waals surface area contributed by atoms with Gasteiger partial charge in [-0.25, -0.2) is 0 Å². The summed E-state index contributed by atoms with van der Waals surface area (Å²) in [5.74, 6) is 0.789. The molecule has 0 fully saturated rings. The summed E-state index contributed by atoms with van der Waals surface area (Å²) in [6.45, 7) is 6.64. The Morgan fingerprint density at radius 3 is 2.43 bits per heavy atom. The van der Waals surface area contributed by atoms with Crippen molar-refractivity contribution in [1.29, 1.82) is 0 Å². The molecule has 30 heavy (non-hydrogen) atoms. The molecule has 0 aliphatic heterocycles. The van der Waals surface area contributed by atoms with Crippen LogP contribution in [-0.4, -0.2) is 50.4 Å². The van der Waals surface area contributed by atoms with Gasteiger partial charge in [0.05, 0.1) is 19.8 Å². The van der Waals surface area contributed by atoms with E-state index in [9.17, 15) is 9.90 Å². The van der Waals surface area contributed by atoms with Crippen molar-refractivity contribution in [2.45, 2.75) is 39.2 Å². The van der Waals surface area contributed by atoms with Gasteiger partial charge < -0.3 is 25.8 Å². The number of rotatable bonds is 13. The molecule has 0 spiro atoms. The van der Waals surface area contributed by atoms with Crippen molar-refractivity contribution in [2.24, 2.45) is 0 Å². The number of para-hydroxylation sites is 2. The van der Waals surface area contributed by atoms with E-state index in [-0.39, 0.29) is 5.91 Å². The van der Waals surface area contributed by atoms with Crippen LogP contribution in [-0.2, 0) is 11.2 Å². The molecule has 0 radical (unpaired) electrons. The van der Waals surface area contributed by atoms with Crippen molar-refractivity contribution < 1.29 is 14.6 Å². The molecule has 1 atom stereocenters. The second-order valence-electron chi connectivity index (χ2n) is 7.55. The van der Waals surface area contributed by atoms with Crippen LogP contribution < -0.4 is 20.7 Å². The van der Waals surface area contributed by atoms with Crippen LogP contribution >= 0.6 is 0 Å². The Morgan fingerprint density at radius 1 is 1.00 bits per heavy atom. The SMILES string of the molecule is COc1ccccc1CC(O)CCNCCCNCC(=O)Nc1c(C)cccc1C. The molecular formula is C24H35N3O3. The first-order valence-corrected chi connectivity index (χ1v) is 10.6. The van der Waals surface area contributed by atoms with Crippen LogP contribution in [0.15, 0.2) is 42.5 Å². The highest BCUT2D eigenvalue weighted by atomic mass is 16.5. The Morgan fingerprint density at radius 2 is 1.70 bits per heavy atom. The van der Waals surface area contributed by atoms with Crippen LogP contribution in [0.1, 0.15) is 29.5 Å². The molecule has 4 N–H and O–H groups in total. The topological polar surface area (TPSA) is 82.6 Å². The van der Waals surface area contributed by atoms with E-state index in [1.54, 1.807) is 7.11 Å². The van der Waals surface area contributed by atoms with Crippen LogP contribution in [0, 0.1) is 13.8 Å². The molecule has 0 bridgehead atoms. The lowest BCUT2D eigenvalue weighted by Gasteiger charge is -2.14. The van der Waals surface area contributed by atoms with E-state index in [0.29, 0.717) is 19.4 Å². The molecule has 2 rings (SSSR count). The predicted molar refractivity (Wildman–Crippen MR) is 122 cm³/mol. The second-order valence-corrected chi connectivity index (χ2v) is 7.55. The van der Waals surface area contributed by atoms with E-state index in [2.05, 4.69) is 16.0 Å². The molecule has 0 aromatic heterocycles. The number of anilines is 1. The van der Waals surface area contributed by atoms with E-state index in [1.807, 2.05) is 56.3 Å². The highest BCUT2D eigenvalue weighted by Crippen LogP contribution is 2.20. The molecule has 0 heterocycles. The van der Waals surface area contributed by atoms with Gasteiger partial charge >= 0.3 is 0 Å². The number of aliphatic hydroxyl groups is 1. The lowest BCUT2D eigenvalue weighted by atomic mass is 10.0. The third kappa shape index (κ3) is 8.14. The van der Waals surface area contributed by atoms with Gasteiger partial charge in [0.2, 0.25) is 5.91 Å². The Hall–Kier alpha value is -2.41. The zero-order valence-corrected chi connectivity index (χ0v) is 18.3. The molecular weight excluding hydrogens is 378 g/mol. The Bertz CT molecular complexity index is 775. The van der Waals surface area contributed by atoms with Crippen LogP contribution in [0.5, 0.6) is 5.75 Å². The maximum absolute atomic E-state index is 12.1. The van der Waals surface area contributed by atoms with E-state index in [4.69, 9.17) is 4.74 Å². The summed E-state index contributed by atoms with van der Waals surface area (Å²) in [6.07, 6.45) is 1.78. The first-order valence-electron chi connectivity index (χ1n) is 10.6. The fourth-order valence-electron chi connectivity index (χ4n) is 3.36. The Labute approximate surface area is 180 Å². The van der Waals surface area contributed by atoms with Crippen LogP contribution in [0.2, 0.25) is 0 Å². The van der Waals surface area contributed by atoms with Crippen LogP contribution in [0.25, 0.3) is 0 Å². The smallest absolute Gasteiger partial charge is 0.238 e. The van der Waals surface area contributed by atoms with Crippen LogP contribution in [0.3, 0.4) is 0 Å². The Kier molecular flexibility index (Phi) is 10.3. The molecule has 6 heteroatoms. The number of nitrogens with one attached hydrogen (secondary N) is 3. The summed E-state index contributed by atoms with van der Waals surface area (Å²) in [4.78, 5) is 12.1. The van der Waals surface area contributed by atoms with Crippen LogP contribution in [0.4, 0.5) is 5.69 Å². The zero-order chi connectivity index (χ0) is 21.8. The molecule has 0 saturated heterocycles. The van der Waals surface area contributed by atoms with Crippen molar-refractivity contribution >= 4 is 11.6 Å². The summed E-state index contributed by atoms with van der Waals surface area (Å²) in [5, 5.41) is 19.7. The minimum absolute atomic E-state index is 0.0279. The monoisotopic (exact) mass is 413 g/mol. The minimum Gasteiger partial charge on any atom is -0.496 e. The number of amides is 1. The molecule has 1 amide bonds. The third-order valence-corrected chi connectivity index (χ3v) is 5.04. The molecule has 164 valence electrons. The fraction of sp³-hybridized carbons (Fsp3) is 0.458. The van der Waals surface area contributed by atoms with Gasteiger partial charge in [-0.15, -0.1) is 0 Å². The number of aliphatic hydroxyl groups excluding tert-OH is 1. The first kappa shape index (κ1) is 23.9. The number of hydrogen-bond acceptors (Lipinski definition) is 5. The maximum Gasteiger partial charge on any atom is 0.238 e. The Balaban J connectivity index is 1.52. The minimum atomic E-state index is -0.402. The van der Waals surface area contributed by atoms with Crippen molar-refractivity contribution in [2.75, 3.05) is 38.6 Å². The van der Waals surface area contributed by atoms with E-state index in [1.165, 1.54) is 0 Å². The number of carbonyl (C=O) groups excluding carboxylic acids is 1. The lowest BCUT2D eigenvalue weighted by Crippen LogP contribution is -2.31. The molecule has 2 aromatic rings. The van der Waals surface area contributed by atoms with Crippen molar-refractivity contribution in [3.8, 4) is 5.75 Å². The second kappa shape index (κ2) is 13.0. The standard InChI is InChI=1S/C24H35N3O3/c1-18-8-6-9-19(2)24(18)27-23(29)17-26-14-7-13-25-15-12-21(28)16-20-10-4-5-11-22(20)30-3/h4-6,8-11,21,25-26,28H,7,12-17H2,1-3H3,(H,27,29). The van der Waals surface area contributed by atoms with Gasteiger partial charge in [-0.1, -0.05) is 36.4 Å². The predicted octanol–water partition coefficient (Wildman–Crippen LogP) is 2.81. The third-order valence-electron chi connectivity index (χ3n) is 5.04. The number of aryl methyl sites for hydroxylation is 2. The van der Waals surface area contributed by atoms with Gasteiger partial charge in [-0.05, 0) is 69.1 Å². The number of ether oxygens (including phenoxy) is 1. The van der Waals surface area contributed by atoms with E-state index < -0.39 is 6.10 Å². The first-order chi connectivity index (χ1) is 14.5. The van der Waals surface area contributed by atoms with Crippen molar-refractivity contribution in [1.82, 2.24) is 10.6 Å². The maximum atomic E-state index is 12.1.